The van der Waals surface area contributed by atoms with Crippen molar-refractivity contribution in [1.29, 1.82) is 0 Å². The highest BCUT2D eigenvalue weighted by molar-refractivity contribution is 5.88. The Morgan fingerprint density at radius 1 is 1.42 bits per heavy atom. The third-order valence-corrected chi connectivity index (χ3v) is 4.56. The summed E-state index contributed by atoms with van der Waals surface area (Å²) in [6.07, 6.45) is 5.77. The van der Waals surface area contributed by atoms with Gasteiger partial charge in [-0.05, 0) is 51.8 Å². The fourth-order valence-electron chi connectivity index (χ4n) is 3.41. The van der Waals surface area contributed by atoms with Crippen LogP contribution in [0.1, 0.15) is 44.0 Å². The number of amides is 2. The van der Waals surface area contributed by atoms with Gasteiger partial charge in [-0.15, -0.1) is 0 Å². The van der Waals surface area contributed by atoms with Crippen molar-refractivity contribution in [3.63, 3.8) is 0 Å². The summed E-state index contributed by atoms with van der Waals surface area (Å²) >= 11 is 0. The lowest BCUT2D eigenvalue weighted by Gasteiger charge is -2.33. The molecule has 140 valence electrons. The molecule has 2 amide bonds. The van der Waals surface area contributed by atoms with Crippen LogP contribution in [0.4, 0.5) is 10.6 Å². The van der Waals surface area contributed by atoms with Crippen LogP contribution in [0.15, 0.2) is 30.6 Å². The number of nitrogens with one attached hydrogen (secondary N) is 2. The number of nitrogens with zero attached hydrogens (tertiary/aromatic N) is 4. The summed E-state index contributed by atoms with van der Waals surface area (Å²) < 4.78 is 1.84. The second kappa shape index (κ2) is 8.31. The first-order valence-corrected chi connectivity index (χ1v) is 9.26. The van der Waals surface area contributed by atoms with Crippen molar-refractivity contribution < 1.29 is 4.79 Å². The molecule has 2 aromatic heterocycles. The Morgan fingerprint density at radius 2 is 2.27 bits per heavy atom. The molecule has 26 heavy (non-hydrogen) atoms. The zero-order valence-electron chi connectivity index (χ0n) is 15.8. The van der Waals surface area contributed by atoms with Crippen LogP contribution in [0.25, 0.3) is 0 Å². The second-order valence-electron chi connectivity index (χ2n) is 7.24. The minimum absolute atomic E-state index is 0.150. The van der Waals surface area contributed by atoms with E-state index < -0.39 is 0 Å². The Balaban J connectivity index is 1.54. The first kappa shape index (κ1) is 18.4. The van der Waals surface area contributed by atoms with E-state index in [1.807, 2.05) is 43.8 Å². The molecule has 0 radical (unpaired) electrons. The van der Waals surface area contributed by atoms with Crippen LogP contribution in [0, 0.1) is 6.92 Å². The number of carbonyl (C=O) groups excluding carboxylic acids is 1. The maximum Gasteiger partial charge on any atom is 0.320 e. The van der Waals surface area contributed by atoms with Gasteiger partial charge in [-0.1, -0.05) is 6.07 Å². The van der Waals surface area contributed by atoms with E-state index >= 15 is 0 Å². The van der Waals surface area contributed by atoms with Gasteiger partial charge in [0.05, 0.1) is 5.69 Å². The number of likely N-dealkylation sites (tertiary alicyclic amines) is 1. The highest BCUT2D eigenvalue weighted by atomic mass is 16.2. The summed E-state index contributed by atoms with van der Waals surface area (Å²) in [5.41, 5.74) is 2.10. The molecule has 0 aromatic carbocycles. The van der Waals surface area contributed by atoms with Gasteiger partial charge in [-0.3, -0.25) is 15.2 Å². The summed E-state index contributed by atoms with van der Waals surface area (Å²) in [5, 5.41) is 10.5. The molecular weight excluding hydrogens is 328 g/mol. The van der Waals surface area contributed by atoms with Crippen LogP contribution in [0.2, 0.25) is 0 Å². The van der Waals surface area contributed by atoms with Crippen LogP contribution < -0.4 is 10.6 Å². The Hall–Kier alpha value is -2.41. The molecule has 0 saturated carbocycles. The van der Waals surface area contributed by atoms with Gasteiger partial charge >= 0.3 is 6.03 Å². The molecule has 1 aliphatic heterocycles. The maximum atomic E-state index is 12.4. The highest BCUT2D eigenvalue weighted by Crippen LogP contribution is 2.17. The van der Waals surface area contributed by atoms with Crippen molar-refractivity contribution in [3.05, 3.63) is 41.9 Å². The van der Waals surface area contributed by atoms with Gasteiger partial charge < -0.3 is 5.32 Å². The molecule has 1 aliphatic rings. The molecule has 2 aromatic rings. The first-order valence-electron chi connectivity index (χ1n) is 9.26. The average Bonchev–Trinajstić information content (AvgIpc) is 2.96. The minimum Gasteiger partial charge on any atom is -0.334 e. The SMILES string of the molecule is Cc1cc(NC(=O)N[C@H]2CCCN(Cc3cccnc3)C2)n(C(C)C)n1. The van der Waals surface area contributed by atoms with Gasteiger partial charge in [-0.2, -0.15) is 5.10 Å². The van der Waals surface area contributed by atoms with Gasteiger partial charge in [0.1, 0.15) is 5.82 Å². The molecular formula is C19H28N6O. The number of aromatic nitrogens is 3. The van der Waals surface area contributed by atoms with Crippen molar-refractivity contribution in [2.45, 2.75) is 52.2 Å². The lowest BCUT2D eigenvalue weighted by molar-refractivity contribution is 0.183. The Morgan fingerprint density at radius 3 is 3.00 bits per heavy atom. The zero-order valence-corrected chi connectivity index (χ0v) is 15.8. The van der Waals surface area contributed by atoms with Crippen molar-refractivity contribution >= 4 is 11.8 Å². The van der Waals surface area contributed by atoms with E-state index in [1.54, 1.807) is 6.20 Å². The maximum absolute atomic E-state index is 12.4. The normalized spacial score (nSPS) is 18.1. The van der Waals surface area contributed by atoms with Gasteiger partial charge in [-0.25, -0.2) is 9.48 Å². The molecule has 7 nitrogen and oxygen atoms in total. The molecule has 1 saturated heterocycles. The molecule has 0 unspecified atom stereocenters. The van der Waals surface area contributed by atoms with E-state index in [1.165, 1.54) is 5.56 Å². The van der Waals surface area contributed by atoms with Crippen LogP contribution in [-0.4, -0.2) is 44.8 Å². The first-order chi connectivity index (χ1) is 12.5. The third kappa shape index (κ3) is 4.82. The lowest BCUT2D eigenvalue weighted by atomic mass is 10.1. The number of piperidine rings is 1. The van der Waals surface area contributed by atoms with E-state index in [0.717, 1.165) is 44.0 Å². The van der Waals surface area contributed by atoms with Crippen LogP contribution in [0.5, 0.6) is 0 Å². The van der Waals surface area contributed by atoms with Gasteiger partial charge in [0, 0.05) is 43.6 Å². The highest BCUT2D eigenvalue weighted by Gasteiger charge is 2.22. The summed E-state index contributed by atoms with van der Waals surface area (Å²) in [7, 11) is 0. The zero-order chi connectivity index (χ0) is 18.5. The van der Waals surface area contributed by atoms with Crippen molar-refractivity contribution in [2.75, 3.05) is 18.4 Å². The standard InChI is InChI=1S/C19H28N6O/c1-14(2)25-18(10-15(3)23-25)22-19(26)21-17-7-5-9-24(13-17)12-16-6-4-8-20-11-16/h4,6,8,10-11,14,17H,5,7,9,12-13H2,1-3H3,(H2,21,22,26)/t17-/m0/s1. The number of pyridine rings is 1. The van der Waals surface area contributed by atoms with E-state index in [9.17, 15) is 4.79 Å². The summed E-state index contributed by atoms with van der Waals surface area (Å²) in [6.45, 7) is 8.80. The van der Waals surface area contributed by atoms with Gasteiger partial charge in [0.25, 0.3) is 0 Å². The molecule has 0 bridgehead atoms. The van der Waals surface area contributed by atoms with E-state index in [4.69, 9.17) is 0 Å². The number of hydrogen-bond acceptors (Lipinski definition) is 4. The largest absolute Gasteiger partial charge is 0.334 e. The average molecular weight is 356 g/mol. The number of hydrogen-bond donors (Lipinski definition) is 2. The third-order valence-electron chi connectivity index (χ3n) is 4.56. The predicted octanol–water partition coefficient (Wildman–Crippen LogP) is 2.95. The number of carbonyl (C=O) groups is 1. The second-order valence-corrected chi connectivity index (χ2v) is 7.24. The van der Waals surface area contributed by atoms with Gasteiger partial charge in [0.2, 0.25) is 0 Å². The van der Waals surface area contributed by atoms with Crippen LogP contribution in [0.3, 0.4) is 0 Å². The predicted molar refractivity (Wildman–Crippen MR) is 102 cm³/mol. The molecule has 0 spiro atoms. The number of anilines is 1. The molecule has 3 heterocycles. The van der Waals surface area contributed by atoms with Crippen molar-refractivity contribution in [3.8, 4) is 0 Å². The minimum atomic E-state index is -0.167. The lowest BCUT2D eigenvalue weighted by Crippen LogP contribution is -2.48. The molecule has 1 fully saturated rings. The van der Waals surface area contributed by atoms with E-state index in [2.05, 4.69) is 31.7 Å². The fourth-order valence-corrected chi connectivity index (χ4v) is 3.41. The van der Waals surface area contributed by atoms with Crippen molar-refractivity contribution in [2.24, 2.45) is 0 Å². The Kier molecular flexibility index (Phi) is 5.88. The summed E-state index contributed by atoms with van der Waals surface area (Å²) in [4.78, 5) is 19.0. The van der Waals surface area contributed by atoms with Crippen LogP contribution in [-0.2, 0) is 6.54 Å². The molecule has 0 aliphatic carbocycles. The monoisotopic (exact) mass is 356 g/mol. The number of rotatable bonds is 5. The van der Waals surface area contributed by atoms with E-state index in [0.29, 0.717) is 0 Å². The fraction of sp³-hybridized carbons (Fsp3) is 0.526. The number of urea groups is 1. The molecule has 1 atom stereocenters. The van der Waals surface area contributed by atoms with Gasteiger partial charge in [0.15, 0.2) is 0 Å². The molecule has 7 heteroatoms. The summed E-state index contributed by atoms with van der Waals surface area (Å²) in [6, 6.07) is 6.13. The van der Waals surface area contributed by atoms with Crippen molar-refractivity contribution in [1.82, 2.24) is 25.0 Å². The Labute approximate surface area is 154 Å². The quantitative estimate of drug-likeness (QED) is 0.864. The summed E-state index contributed by atoms with van der Waals surface area (Å²) in [5.74, 6) is 0.734. The smallest absolute Gasteiger partial charge is 0.320 e. The Bertz CT molecular complexity index is 727. The topological polar surface area (TPSA) is 75.1 Å². The molecule has 3 rings (SSSR count). The van der Waals surface area contributed by atoms with Crippen LogP contribution >= 0.6 is 0 Å². The number of aryl methyl sites for hydroxylation is 1. The molecule has 2 N–H and O–H groups in total. The van der Waals surface area contributed by atoms with E-state index in [-0.39, 0.29) is 18.1 Å².